The third-order valence-electron chi connectivity index (χ3n) is 5.73. The lowest BCUT2D eigenvalue weighted by atomic mass is 10.1. The SMILES string of the molecule is CCN(CC)CCNC(=O)c1cc(Cl)c(NC(=O)C(Oc2ccc(Cl)cc2)Oc2ccc(Cl)cc2)cc1OC.Cl. The summed E-state index contributed by atoms with van der Waals surface area (Å²) in [6.45, 7) is 7.08. The van der Waals surface area contributed by atoms with Crippen LogP contribution in [-0.4, -0.2) is 56.3 Å². The summed E-state index contributed by atoms with van der Waals surface area (Å²) in [7, 11) is 1.43. The maximum atomic E-state index is 13.3. The van der Waals surface area contributed by atoms with Gasteiger partial charge in [-0.15, -0.1) is 12.4 Å². The molecule has 3 aromatic carbocycles. The van der Waals surface area contributed by atoms with Crippen molar-refractivity contribution in [3.63, 3.8) is 0 Å². The third-order valence-corrected chi connectivity index (χ3v) is 6.54. The van der Waals surface area contributed by atoms with Crippen molar-refractivity contribution in [2.24, 2.45) is 0 Å². The molecule has 0 heterocycles. The number of ether oxygens (including phenoxy) is 3. The van der Waals surface area contributed by atoms with Crippen molar-refractivity contribution >= 4 is 64.7 Å². The zero-order chi connectivity index (χ0) is 28.4. The van der Waals surface area contributed by atoms with Crippen LogP contribution in [0.5, 0.6) is 17.2 Å². The van der Waals surface area contributed by atoms with Crippen molar-refractivity contribution in [1.29, 1.82) is 0 Å². The molecule has 216 valence electrons. The van der Waals surface area contributed by atoms with Crippen LogP contribution < -0.4 is 24.8 Å². The van der Waals surface area contributed by atoms with Crippen LogP contribution in [0.15, 0.2) is 60.7 Å². The minimum absolute atomic E-state index is 0. The topological polar surface area (TPSA) is 89.1 Å². The molecule has 0 atom stereocenters. The molecule has 40 heavy (non-hydrogen) atoms. The predicted octanol–water partition coefficient (Wildman–Crippen LogP) is 6.57. The Kier molecular flexibility index (Phi) is 13.7. The van der Waals surface area contributed by atoms with Gasteiger partial charge in [0.05, 0.1) is 23.4 Å². The number of carbonyl (C=O) groups excluding carboxylic acids is 2. The molecule has 0 aliphatic heterocycles. The zero-order valence-corrected chi connectivity index (χ0v) is 25.3. The van der Waals surface area contributed by atoms with Crippen molar-refractivity contribution in [2.45, 2.75) is 20.1 Å². The number of rotatable bonds is 13. The standard InChI is InChI=1S/C28H30Cl3N3O5.ClH/c1-4-34(5-2)15-14-32-26(35)22-16-23(31)24(17-25(22)37-3)33-27(36)28(38-20-10-6-18(29)7-11-20)39-21-12-8-19(30)9-13-21;/h6-13,16-17,28H,4-5,14-15H2,1-3H3,(H,32,35)(H,33,36);1H. The molecular weight excluding hydrogens is 600 g/mol. The number of hydrogen-bond acceptors (Lipinski definition) is 6. The smallest absolute Gasteiger partial charge is 0.321 e. The van der Waals surface area contributed by atoms with Crippen LogP contribution in [0, 0.1) is 0 Å². The van der Waals surface area contributed by atoms with E-state index in [-0.39, 0.29) is 40.3 Å². The molecule has 0 spiro atoms. The van der Waals surface area contributed by atoms with Gasteiger partial charge in [-0.3, -0.25) is 9.59 Å². The fraction of sp³-hybridized carbons (Fsp3) is 0.286. The fourth-order valence-electron chi connectivity index (χ4n) is 3.55. The monoisotopic (exact) mass is 629 g/mol. The average Bonchev–Trinajstić information content (AvgIpc) is 2.93. The Bertz CT molecular complexity index is 1210. The number of methoxy groups -OCH3 is 1. The first-order valence-corrected chi connectivity index (χ1v) is 13.4. The zero-order valence-electron chi connectivity index (χ0n) is 22.2. The fourth-order valence-corrected chi connectivity index (χ4v) is 4.02. The second-order valence-electron chi connectivity index (χ2n) is 8.28. The lowest BCUT2D eigenvalue weighted by Crippen LogP contribution is -2.38. The van der Waals surface area contributed by atoms with Gasteiger partial charge in [0.15, 0.2) is 0 Å². The van der Waals surface area contributed by atoms with Crippen LogP contribution in [0.2, 0.25) is 15.1 Å². The van der Waals surface area contributed by atoms with E-state index in [0.717, 1.165) is 13.1 Å². The van der Waals surface area contributed by atoms with E-state index in [1.807, 2.05) is 0 Å². The van der Waals surface area contributed by atoms with Crippen molar-refractivity contribution < 1.29 is 23.8 Å². The molecule has 0 saturated carbocycles. The highest BCUT2D eigenvalue weighted by molar-refractivity contribution is 6.34. The van der Waals surface area contributed by atoms with Gasteiger partial charge in [0, 0.05) is 29.2 Å². The van der Waals surface area contributed by atoms with E-state index in [9.17, 15) is 9.59 Å². The second-order valence-corrected chi connectivity index (χ2v) is 9.56. The van der Waals surface area contributed by atoms with E-state index in [4.69, 9.17) is 49.0 Å². The van der Waals surface area contributed by atoms with Gasteiger partial charge in [0.1, 0.15) is 17.2 Å². The number of anilines is 1. The molecule has 2 amide bonds. The quantitative estimate of drug-likeness (QED) is 0.208. The number of benzene rings is 3. The largest absolute Gasteiger partial charge is 0.496 e. The van der Waals surface area contributed by atoms with Gasteiger partial charge >= 0.3 is 12.2 Å². The Morgan fingerprint density at radius 1 is 0.875 bits per heavy atom. The Morgan fingerprint density at radius 3 is 1.88 bits per heavy atom. The molecule has 2 N–H and O–H groups in total. The van der Waals surface area contributed by atoms with Gasteiger partial charge < -0.3 is 29.7 Å². The van der Waals surface area contributed by atoms with Crippen molar-refractivity contribution in [3.8, 4) is 17.2 Å². The molecule has 12 heteroatoms. The van der Waals surface area contributed by atoms with Crippen molar-refractivity contribution in [2.75, 3.05) is 38.6 Å². The minimum atomic E-state index is -1.41. The van der Waals surface area contributed by atoms with Crippen LogP contribution in [0.25, 0.3) is 0 Å². The third kappa shape index (κ3) is 9.64. The highest BCUT2D eigenvalue weighted by atomic mass is 35.5. The Hall–Kier alpha value is -2.88. The lowest BCUT2D eigenvalue weighted by Gasteiger charge is -2.21. The highest BCUT2D eigenvalue weighted by Gasteiger charge is 2.25. The number of halogens is 4. The Morgan fingerprint density at radius 2 is 1.40 bits per heavy atom. The van der Waals surface area contributed by atoms with E-state index in [2.05, 4.69) is 29.4 Å². The summed E-state index contributed by atoms with van der Waals surface area (Å²) in [5, 5.41) is 6.73. The first-order chi connectivity index (χ1) is 18.7. The van der Waals surface area contributed by atoms with E-state index < -0.39 is 12.2 Å². The molecule has 0 aliphatic rings. The van der Waals surface area contributed by atoms with Gasteiger partial charge in [-0.2, -0.15) is 0 Å². The van der Waals surface area contributed by atoms with E-state index in [1.165, 1.54) is 19.2 Å². The van der Waals surface area contributed by atoms with E-state index in [1.54, 1.807) is 48.5 Å². The van der Waals surface area contributed by atoms with Gasteiger partial charge in [-0.05, 0) is 67.7 Å². The number of amides is 2. The van der Waals surface area contributed by atoms with Crippen molar-refractivity contribution in [3.05, 3.63) is 81.3 Å². The molecule has 3 rings (SSSR count). The van der Waals surface area contributed by atoms with Crippen LogP contribution in [0.4, 0.5) is 5.69 Å². The molecule has 0 radical (unpaired) electrons. The van der Waals surface area contributed by atoms with Crippen molar-refractivity contribution in [1.82, 2.24) is 10.2 Å². The first-order valence-electron chi connectivity index (χ1n) is 12.3. The van der Waals surface area contributed by atoms with Crippen LogP contribution in [0.1, 0.15) is 24.2 Å². The second kappa shape index (κ2) is 16.4. The molecule has 0 fully saturated rings. The summed E-state index contributed by atoms with van der Waals surface area (Å²) >= 11 is 18.4. The first kappa shape index (κ1) is 33.3. The summed E-state index contributed by atoms with van der Waals surface area (Å²) in [6.07, 6.45) is -1.41. The predicted molar refractivity (Wildman–Crippen MR) is 162 cm³/mol. The van der Waals surface area contributed by atoms with Crippen LogP contribution >= 0.6 is 47.2 Å². The summed E-state index contributed by atoms with van der Waals surface area (Å²) in [5.41, 5.74) is 0.453. The van der Waals surface area contributed by atoms with E-state index >= 15 is 0 Å². The molecule has 0 unspecified atom stereocenters. The number of nitrogens with zero attached hydrogens (tertiary/aromatic N) is 1. The normalized spacial score (nSPS) is 10.6. The molecule has 8 nitrogen and oxygen atoms in total. The molecule has 0 saturated heterocycles. The summed E-state index contributed by atoms with van der Waals surface area (Å²) in [6, 6.07) is 15.9. The molecular formula is C28H31Cl4N3O5. The maximum absolute atomic E-state index is 13.3. The van der Waals surface area contributed by atoms with Crippen LogP contribution in [-0.2, 0) is 4.79 Å². The Labute approximate surface area is 255 Å². The molecule has 0 bridgehead atoms. The molecule has 3 aromatic rings. The average molecular weight is 631 g/mol. The lowest BCUT2D eigenvalue weighted by molar-refractivity contribution is -0.134. The van der Waals surface area contributed by atoms with E-state index in [0.29, 0.717) is 34.6 Å². The Balaban J connectivity index is 0.00000560. The number of nitrogens with one attached hydrogen (secondary N) is 2. The number of hydrogen-bond donors (Lipinski definition) is 2. The van der Waals surface area contributed by atoms with Gasteiger partial charge in [0.2, 0.25) is 0 Å². The summed E-state index contributed by atoms with van der Waals surface area (Å²) in [4.78, 5) is 28.3. The molecule has 0 aromatic heterocycles. The van der Waals surface area contributed by atoms with Crippen LogP contribution in [0.3, 0.4) is 0 Å². The van der Waals surface area contributed by atoms with Gasteiger partial charge in [0.25, 0.3) is 5.91 Å². The van der Waals surface area contributed by atoms with Gasteiger partial charge in [-0.1, -0.05) is 48.7 Å². The maximum Gasteiger partial charge on any atom is 0.321 e. The number of carbonyl (C=O) groups is 2. The molecule has 0 aliphatic carbocycles. The highest BCUT2D eigenvalue weighted by Crippen LogP contribution is 2.31. The minimum Gasteiger partial charge on any atom is -0.496 e. The summed E-state index contributed by atoms with van der Waals surface area (Å²) in [5.74, 6) is -0.0410. The number of likely N-dealkylation sites (N-methyl/N-ethyl adjacent to an activating group) is 1. The summed E-state index contributed by atoms with van der Waals surface area (Å²) < 4.78 is 17.0. The van der Waals surface area contributed by atoms with Gasteiger partial charge in [-0.25, -0.2) is 0 Å².